The smallest absolute Gasteiger partial charge is 0.546 e. The summed E-state index contributed by atoms with van der Waals surface area (Å²) in [6.07, 6.45) is 2.18. The number of benzene rings is 1. The molecular weight excluding hydrogens is 291 g/mol. The fourth-order valence-corrected chi connectivity index (χ4v) is 2.47. The van der Waals surface area contributed by atoms with Crippen molar-refractivity contribution in [1.82, 2.24) is 9.80 Å². The number of carboxylic acid groups (broad SMARTS) is 1. The summed E-state index contributed by atoms with van der Waals surface area (Å²) < 4.78 is 5.06. The molecule has 1 saturated heterocycles. The molecule has 0 aromatic heterocycles. The van der Waals surface area contributed by atoms with E-state index in [9.17, 15) is 9.90 Å². The van der Waals surface area contributed by atoms with Gasteiger partial charge in [0.1, 0.15) is 12.4 Å². The van der Waals surface area contributed by atoms with Crippen LogP contribution in [0.2, 0.25) is 0 Å². The largest absolute Gasteiger partial charge is 1.00 e. The van der Waals surface area contributed by atoms with E-state index in [2.05, 4.69) is 16.8 Å². The Morgan fingerprint density at radius 2 is 1.82 bits per heavy atom. The number of piperazine rings is 1. The Morgan fingerprint density at radius 3 is 2.41 bits per heavy atom. The molecule has 0 radical (unpaired) electrons. The maximum atomic E-state index is 10.3. The Labute approximate surface area is 154 Å². The zero-order chi connectivity index (χ0) is 15.1. The minimum absolute atomic E-state index is 0. The molecule has 1 aromatic rings. The van der Waals surface area contributed by atoms with Crippen LogP contribution >= 0.6 is 0 Å². The molecule has 0 bridgehead atoms. The molecule has 0 amide bonds. The van der Waals surface area contributed by atoms with E-state index >= 15 is 0 Å². The molecule has 0 N–H and O–H groups in total. The molecule has 1 aliphatic rings. The number of aryl methyl sites for hydroxylation is 1. The van der Waals surface area contributed by atoms with Gasteiger partial charge in [-0.15, -0.1) is 0 Å². The summed E-state index contributed by atoms with van der Waals surface area (Å²) in [5, 5.41) is 10.3. The third-order valence-electron chi connectivity index (χ3n) is 3.82. The van der Waals surface area contributed by atoms with Crippen molar-refractivity contribution in [3.63, 3.8) is 0 Å². The summed E-state index contributed by atoms with van der Waals surface area (Å²) in [6, 6.07) is 7.62. The SMILES string of the molecule is CN1CCN(CCCc2ccc(OCC(=O)[O-])cc2)CC1.[Na+]. The predicted octanol–water partition coefficient (Wildman–Crippen LogP) is -3.00. The van der Waals surface area contributed by atoms with Crippen LogP contribution in [0.25, 0.3) is 0 Å². The molecule has 116 valence electrons. The second-order valence-corrected chi connectivity index (χ2v) is 5.55. The molecule has 1 heterocycles. The first-order valence-corrected chi connectivity index (χ1v) is 7.46. The summed E-state index contributed by atoms with van der Waals surface area (Å²) in [5.41, 5.74) is 1.25. The van der Waals surface area contributed by atoms with Crippen molar-refractivity contribution in [3.8, 4) is 5.75 Å². The number of carboxylic acids is 1. The van der Waals surface area contributed by atoms with E-state index in [4.69, 9.17) is 4.74 Å². The summed E-state index contributed by atoms with van der Waals surface area (Å²) >= 11 is 0. The van der Waals surface area contributed by atoms with Crippen LogP contribution in [0, 0.1) is 0 Å². The van der Waals surface area contributed by atoms with Crippen LogP contribution in [0.5, 0.6) is 5.75 Å². The van der Waals surface area contributed by atoms with Crippen LogP contribution < -0.4 is 39.4 Å². The number of aliphatic carboxylic acids is 1. The van der Waals surface area contributed by atoms with Crippen LogP contribution in [0.4, 0.5) is 0 Å². The molecule has 5 nitrogen and oxygen atoms in total. The molecule has 1 aliphatic heterocycles. The van der Waals surface area contributed by atoms with E-state index in [1.807, 2.05) is 24.3 Å². The standard InChI is InChI=1S/C16H24N2O3.Na/c1-17-9-11-18(12-10-17)8-2-3-14-4-6-15(7-5-14)21-13-16(19)20;/h4-7H,2-3,8-13H2,1H3,(H,19,20);/q;+1/p-1. The Morgan fingerprint density at radius 1 is 1.18 bits per heavy atom. The van der Waals surface area contributed by atoms with Gasteiger partial charge in [-0.1, -0.05) is 12.1 Å². The van der Waals surface area contributed by atoms with E-state index < -0.39 is 12.6 Å². The Kier molecular flexibility index (Phi) is 9.05. The van der Waals surface area contributed by atoms with Gasteiger partial charge in [0.2, 0.25) is 0 Å². The third-order valence-corrected chi connectivity index (χ3v) is 3.82. The molecule has 0 aliphatic carbocycles. The van der Waals surface area contributed by atoms with Gasteiger partial charge in [0, 0.05) is 26.2 Å². The van der Waals surface area contributed by atoms with E-state index in [-0.39, 0.29) is 29.6 Å². The van der Waals surface area contributed by atoms with Gasteiger partial charge in [-0.3, -0.25) is 0 Å². The molecule has 0 unspecified atom stereocenters. The second-order valence-electron chi connectivity index (χ2n) is 5.55. The van der Waals surface area contributed by atoms with E-state index in [1.165, 1.54) is 5.56 Å². The Bertz CT molecular complexity index is 445. The van der Waals surface area contributed by atoms with Crippen molar-refractivity contribution >= 4 is 5.97 Å². The van der Waals surface area contributed by atoms with Crippen molar-refractivity contribution in [2.45, 2.75) is 12.8 Å². The van der Waals surface area contributed by atoms with Gasteiger partial charge < -0.3 is 24.4 Å². The van der Waals surface area contributed by atoms with Crippen molar-refractivity contribution < 1.29 is 44.2 Å². The van der Waals surface area contributed by atoms with Gasteiger partial charge in [-0.2, -0.15) is 0 Å². The minimum Gasteiger partial charge on any atom is -0.546 e. The first kappa shape index (κ1) is 19.5. The summed E-state index contributed by atoms with van der Waals surface area (Å²) in [4.78, 5) is 15.2. The fourth-order valence-electron chi connectivity index (χ4n) is 2.47. The second kappa shape index (κ2) is 10.2. The zero-order valence-electron chi connectivity index (χ0n) is 13.6. The topological polar surface area (TPSA) is 55.8 Å². The average molecular weight is 314 g/mol. The monoisotopic (exact) mass is 314 g/mol. The molecule has 1 fully saturated rings. The number of likely N-dealkylation sites (N-methyl/N-ethyl adjacent to an activating group) is 1. The number of carbonyl (C=O) groups excluding carboxylic acids is 1. The summed E-state index contributed by atoms with van der Waals surface area (Å²) in [5.74, 6) is -0.631. The van der Waals surface area contributed by atoms with Gasteiger partial charge in [-0.05, 0) is 44.1 Å². The van der Waals surface area contributed by atoms with Crippen LogP contribution in [-0.4, -0.2) is 62.1 Å². The molecule has 6 heteroatoms. The van der Waals surface area contributed by atoms with Gasteiger partial charge >= 0.3 is 29.6 Å². The quantitative estimate of drug-likeness (QED) is 0.502. The molecule has 22 heavy (non-hydrogen) atoms. The Hall–Kier alpha value is -0.590. The average Bonchev–Trinajstić information content (AvgIpc) is 2.48. The molecule has 2 rings (SSSR count). The number of ether oxygens (including phenoxy) is 1. The number of hydrogen-bond donors (Lipinski definition) is 0. The van der Waals surface area contributed by atoms with Gasteiger partial charge in [0.05, 0.1) is 5.97 Å². The number of nitrogens with zero attached hydrogens (tertiary/aromatic N) is 2. The summed E-state index contributed by atoms with van der Waals surface area (Å²) in [6.45, 7) is 5.37. The predicted molar refractivity (Wildman–Crippen MR) is 79.2 cm³/mol. The fraction of sp³-hybridized carbons (Fsp3) is 0.562. The van der Waals surface area contributed by atoms with Crippen molar-refractivity contribution in [3.05, 3.63) is 29.8 Å². The summed E-state index contributed by atoms with van der Waals surface area (Å²) in [7, 11) is 2.17. The Balaban J connectivity index is 0.00000242. The molecule has 0 atom stereocenters. The third kappa shape index (κ3) is 7.11. The van der Waals surface area contributed by atoms with Crippen LogP contribution in [0.1, 0.15) is 12.0 Å². The number of rotatable bonds is 7. The van der Waals surface area contributed by atoms with Gasteiger partial charge in [-0.25, -0.2) is 0 Å². The van der Waals surface area contributed by atoms with E-state index in [0.29, 0.717) is 5.75 Å². The van der Waals surface area contributed by atoms with Crippen molar-refractivity contribution in [1.29, 1.82) is 0 Å². The number of carbonyl (C=O) groups is 1. The van der Waals surface area contributed by atoms with Gasteiger partial charge in [0.15, 0.2) is 0 Å². The number of hydrogen-bond acceptors (Lipinski definition) is 5. The minimum atomic E-state index is -1.20. The van der Waals surface area contributed by atoms with E-state index in [0.717, 1.165) is 45.6 Å². The maximum absolute atomic E-state index is 10.3. The van der Waals surface area contributed by atoms with Gasteiger partial charge in [0.25, 0.3) is 0 Å². The van der Waals surface area contributed by atoms with Crippen LogP contribution in [-0.2, 0) is 11.2 Å². The molecule has 1 aromatic carbocycles. The first-order valence-electron chi connectivity index (χ1n) is 7.46. The zero-order valence-corrected chi connectivity index (χ0v) is 15.6. The van der Waals surface area contributed by atoms with Crippen LogP contribution in [0.15, 0.2) is 24.3 Å². The molecule has 0 saturated carbocycles. The molecule has 0 spiro atoms. The van der Waals surface area contributed by atoms with Crippen molar-refractivity contribution in [2.75, 3.05) is 46.4 Å². The van der Waals surface area contributed by atoms with Crippen LogP contribution in [0.3, 0.4) is 0 Å². The van der Waals surface area contributed by atoms with Crippen molar-refractivity contribution in [2.24, 2.45) is 0 Å². The first-order chi connectivity index (χ1) is 10.1. The maximum Gasteiger partial charge on any atom is 1.00 e. The molecular formula is C16H23N2NaO3. The normalized spacial score (nSPS) is 16.0. The van der Waals surface area contributed by atoms with E-state index in [1.54, 1.807) is 0 Å².